The van der Waals surface area contributed by atoms with Crippen molar-refractivity contribution in [1.29, 1.82) is 0 Å². The lowest BCUT2D eigenvalue weighted by Gasteiger charge is -2.34. The molecule has 7 heteroatoms. The van der Waals surface area contributed by atoms with Crippen LogP contribution in [0.2, 0.25) is 0 Å². The van der Waals surface area contributed by atoms with Gasteiger partial charge in [0.05, 0.1) is 24.1 Å². The first kappa shape index (κ1) is 16.1. The Morgan fingerprint density at radius 1 is 1.22 bits per heavy atom. The van der Waals surface area contributed by atoms with E-state index in [0.29, 0.717) is 18.8 Å². The van der Waals surface area contributed by atoms with Gasteiger partial charge < -0.3 is 5.73 Å². The van der Waals surface area contributed by atoms with E-state index in [0.717, 1.165) is 17.3 Å². The van der Waals surface area contributed by atoms with Gasteiger partial charge in [0.2, 0.25) is 11.8 Å². The van der Waals surface area contributed by atoms with E-state index < -0.39 is 6.04 Å². The molecule has 1 aromatic rings. The number of amides is 3. The zero-order valence-corrected chi connectivity index (χ0v) is 14.2. The fraction of sp³-hybridized carbons (Fsp3) is 0.438. The molecule has 0 aliphatic carbocycles. The minimum Gasteiger partial charge on any atom is -0.369 e. The zero-order chi connectivity index (χ0) is 16.6. The molecular formula is C16H18BrN3O3. The van der Waals surface area contributed by atoms with Crippen LogP contribution in [0.5, 0.6) is 0 Å². The summed E-state index contributed by atoms with van der Waals surface area (Å²) in [5.41, 5.74) is 5.97. The summed E-state index contributed by atoms with van der Waals surface area (Å²) in [7, 11) is 0. The summed E-state index contributed by atoms with van der Waals surface area (Å²) in [4.78, 5) is 39.6. The summed E-state index contributed by atoms with van der Waals surface area (Å²) in [6.07, 6.45) is 1.71. The Morgan fingerprint density at radius 2 is 1.91 bits per heavy atom. The first-order valence-electron chi connectivity index (χ1n) is 7.63. The number of piperidine rings is 1. The molecule has 3 amide bonds. The molecule has 2 unspecified atom stereocenters. The van der Waals surface area contributed by atoms with Gasteiger partial charge in [-0.15, -0.1) is 0 Å². The molecule has 23 heavy (non-hydrogen) atoms. The van der Waals surface area contributed by atoms with E-state index in [2.05, 4.69) is 15.9 Å². The second-order valence-corrected chi connectivity index (χ2v) is 6.92. The minimum atomic E-state index is -0.492. The molecule has 0 aromatic heterocycles. The topological polar surface area (TPSA) is 83.7 Å². The molecule has 0 radical (unpaired) electrons. The van der Waals surface area contributed by atoms with Gasteiger partial charge in [0.15, 0.2) is 0 Å². The summed E-state index contributed by atoms with van der Waals surface area (Å²) in [5, 5.41) is 0. The molecule has 0 spiro atoms. The van der Waals surface area contributed by atoms with Crippen LogP contribution in [0.15, 0.2) is 28.7 Å². The van der Waals surface area contributed by atoms with Crippen molar-refractivity contribution in [2.45, 2.75) is 25.3 Å². The minimum absolute atomic E-state index is 0.153. The smallest absolute Gasteiger partial charge is 0.251 e. The standard InChI is InChI=1S/C16H18BrN3O3/c17-11-3-5-12(6-4-11)20-14(21)8-13(16(20)23)19-7-1-2-10(9-19)15(18)22/h3-6,10,13H,1-2,7-9H2,(H2,18,22). The van der Waals surface area contributed by atoms with Crippen LogP contribution in [0.25, 0.3) is 0 Å². The van der Waals surface area contributed by atoms with Crippen LogP contribution in [-0.4, -0.2) is 41.8 Å². The number of hydrogen-bond donors (Lipinski definition) is 1. The maximum Gasteiger partial charge on any atom is 0.251 e. The molecule has 2 saturated heterocycles. The first-order valence-corrected chi connectivity index (χ1v) is 8.42. The lowest BCUT2D eigenvalue weighted by molar-refractivity contribution is -0.127. The summed E-state index contributed by atoms with van der Waals surface area (Å²) in [5.74, 6) is -1.00. The fourth-order valence-electron chi connectivity index (χ4n) is 3.28. The molecule has 0 saturated carbocycles. The molecule has 3 rings (SSSR count). The van der Waals surface area contributed by atoms with Gasteiger partial charge in [-0.2, -0.15) is 0 Å². The van der Waals surface area contributed by atoms with Crippen molar-refractivity contribution in [3.05, 3.63) is 28.7 Å². The van der Waals surface area contributed by atoms with Crippen molar-refractivity contribution in [3.8, 4) is 0 Å². The highest BCUT2D eigenvalue weighted by Gasteiger charge is 2.44. The third-order valence-corrected chi connectivity index (χ3v) is 5.03. The number of nitrogens with two attached hydrogens (primary N) is 1. The highest BCUT2D eigenvalue weighted by Crippen LogP contribution is 2.29. The van der Waals surface area contributed by atoms with Crippen LogP contribution in [0.3, 0.4) is 0 Å². The Morgan fingerprint density at radius 3 is 2.57 bits per heavy atom. The number of hydrogen-bond acceptors (Lipinski definition) is 4. The number of anilines is 1. The third kappa shape index (κ3) is 3.16. The highest BCUT2D eigenvalue weighted by molar-refractivity contribution is 9.10. The Labute approximate surface area is 142 Å². The lowest BCUT2D eigenvalue weighted by Crippen LogP contribution is -2.49. The number of nitrogens with zero attached hydrogens (tertiary/aromatic N) is 2. The molecule has 2 atom stereocenters. The Balaban J connectivity index is 1.78. The summed E-state index contributed by atoms with van der Waals surface area (Å²) < 4.78 is 0.886. The van der Waals surface area contributed by atoms with E-state index in [-0.39, 0.29) is 30.1 Å². The van der Waals surface area contributed by atoms with E-state index >= 15 is 0 Å². The van der Waals surface area contributed by atoms with Gasteiger partial charge in [0, 0.05) is 11.0 Å². The maximum atomic E-state index is 12.7. The van der Waals surface area contributed by atoms with E-state index in [1.807, 2.05) is 4.90 Å². The molecular weight excluding hydrogens is 362 g/mol. The molecule has 6 nitrogen and oxygen atoms in total. The quantitative estimate of drug-likeness (QED) is 0.801. The van der Waals surface area contributed by atoms with Gasteiger partial charge in [-0.1, -0.05) is 15.9 Å². The predicted molar refractivity (Wildman–Crippen MR) is 88.5 cm³/mol. The molecule has 2 fully saturated rings. The van der Waals surface area contributed by atoms with Crippen LogP contribution in [0, 0.1) is 5.92 Å². The maximum absolute atomic E-state index is 12.7. The molecule has 122 valence electrons. The number of carbonyl (C=O) groups excluding carboxylic acids is 3. The van der Waals surface area contributed by atoms with Crippen LogP contribution in [0.1, 0.15) is 19.3 Å². The van der Waals surface area contributed by atoms with Crippen molar-refractivity contribution >= 4 is 39.3 Å². The number of likely N-dealkylation sites (tertiary alicyclic amines) is 1. The van der Waals surface area contributed by atoms with Gasteiger partial charge >= 0.3 is 0 Å². The van der Waals surface area contributed by atoms with Gasteiger partial charge in [-0.05, 0) is 43.7 Å². The molecule has 2 aliphatic rings. The molecule has 2 aliphatic heterocycles. The van der Waals surface area contributed by atoms with E-state index in [9.17, 15) is 14.4 Å². The van der Waals surface area contributed by atoms with Gasteiger partial charge in [-0.25, -0.2) is 4.90 Å². The van der Waals surface area contributed by atoms with E-state index in [1.54, 1.807) is 24.3 Å². The Hall–Kier alpha value is -1.73. The van der Waals surface area contributed by atoms with Crippen molar-refractivity contribution < 1.29 is 14.4 Å². The fourth-order valence-corrected chi connectivity index (χ4v) is 3.55. The monoisotopic (exact) mass is 379 g/mol. The summed E-state index contributed by atoms with van der Waals surface area (Å²) >= 11 is 3.34. The first-order chi connectivity index (χ1) is 11.0. The van der Waals surface area contributed by atoms with Crippen LogP contribution in [-0.2, 0) is 14.4 Å². The van der Waals surface area contributed by atoms with Gasteiger partial charge in [-0.3, -0.25) is 19.3 Å². The normalized spacial score (nSPS) is 25.9. The van der Waals surface area contributed by atoms with Crippen molar-refractivity contribution in [3.63, 3.8) is 0 Å². The largest absolute Gasteiger partial charge is 0.369 e. The Bertz CT molecular complexity index is 646. The summed E-state index contributed by atoms with van der Waals surface area (Å²) in [6.45, 7) is 1.16. The zero-order valence-electron chi connectivity index (χ0n) is 12.6. The van der Waals surface area contributed by atoms with E-state index in [4.69, 9.17) is 5.73 Å². The number of rotatable bonds is 3. The molecule has 0 bridgehead atoms. The molecule has 2 heterocycles. The lowest BCUT2D eigenvalue weighted by atomic mass is 9.96. The highest BCUT2D eigenvalue weighted by atomic mass is 79.9. The molecule has 1 aromatic carbocycles. The number of benzene rings is 1. The second kappa shape index (κ2) is 6.41. The second-order valence-electron chi connectivity index (χ2n) is 6.00. The van der Waals surface area contributed by atoms with Crippen LogP contribution >= 0.6 is 15.9 Å². The predicted octanol–water partition coefficient (Wildman–Crippen LogP) is 1.28. The average molecular weight is 380 g/mol. The number of imide groups is 1. The van der Waals surface area contributed by atoms with Crippen molar-refractivity contribution in [1.82, 2.24) is 4.90 Å². The van der Waals surface area contributed by atoms with E-state index in [1.165, 1.54) is 4.90 Å². The third-order valence-electron chi connectivity index (χ3n) is 4.50. The van der Waals surface area contributed by atoms with Gasteiger partial charge in [0.25, 0.3) is 5.91 Å². The summed E-state index contributed by atoms with van der Waals surface area (Å²) in [6, 6.07) is 6.59. The van der Waals surface area contributed by atoms with Crippen LogP contribution < -0.4 is 10.6 Å². The Kier molecular flexibility index (Phi) is 4.50. The van der Waals surface area contributed by atoms with Crippen molar-refractivity contribution in [2.24, 2.45) is 11.7 Å². The number of carbonyl (C=O) groups is 3. The molecule has 2 N–H and O–H groups in total. The average Bonchev–Trinajstić information content (AvgIpc) is 2.83. The number of primary amides is 1. The van der Waals surface area contributed by atoms with Gasteiger partial charge in [0.1, 0.15) is 0 Å². The van der Waals surface area contributed by atoms with Crippen molar-refractivity contribution in [2.75, 3.05) is 18.0 Å². The van der Waals surface area contributed by atoms with Crippen LogP contribution in [0.4, 0.5) is 5.69 Å². The number of halogens is 1. The SMILES string of the molecule is NC(=O)C1CCCN(C2CC(=O)N(c3ccc(Br)cc3)C2=O)C1.